The normalized spacial score (nSPS) is 19.0. The minimum Gasteiger partial charge on any atom is -0.293 e. The van der Waals surface area contributed by atoms with Crippen LogP contribution in [0.2, 0.25) is 0 Å². The third-order valence-electron chi connectivity index (χ3n) is 5.05. The average Bonchev–Trinajstić information content (AvgIpc) is 2.59. The van der Waals surface area contributed by atoms with Crippen LogP contribution in [0.1, 0.15) is 49.4 Å². The molecule has 0 heterocycles. The van der Waals surface area contributed by atoms with Gasteiger partial charge < -0.3 is 0 Å². The van der Waals surface area contributed by atoms with E-state index in [0.29, 0.717) is 12.1 Å². The maximum atomic E-state index is 2.73. The van der Waals surface area contributed by atoms with E-state index in [9.17, 15) is 0 Å². The summed E-state index contributed by atoms with van der Waals surface area (Å²) in [5.74, 6) is 0. The van der Waals surface area contributed by atoms with Crippen LogP contribution in [0.5, 0.6) is 0 Å². The van der Waals surface area contributed by atoms with Gasteiger partial charge in [0.05, 0.1) is 0 Å². The summed E-state index contributed by atoms with van der Waals surface area (Å²) >= 11 is 0. The van der Waals surface area contributed by atoms with Crippen molar-refractivity contribution in [1.29, 1.82) is 0 Å². The molecule has 0 radical (unpaired) electrons. The average molecular weight is 293 g/mol. The molecule has 116 valence electrons. The molecular formula is C21H27N. The summed E-state index contributed by atoms with van der Waals surface area (Å²) in [5, 5.41) is 0. The van der Waals surface area contributed by atoms with E-state index in [1.165, 1.54) is 37.8 Å². The van der Waals surface area contributed by atoms with Gasteiger partial charge in [0, 0.05) is 12.1 Å². The minimum absolute atomic E-state index is 0.497. The molecule has 0 bridgehead atoms. The highest BCUT2D eigenvalue weighted by Gasteiger charge is 2.27. The molecule has 1 aliphatic rings. The first-order chi connectivity index (χ1) is 10.8. The van der Waals surface area contributed by atoms with E-state index in [0.717, 1.165) is 0 Å². The summed E-state index contributed by atoms with van der Waals surface area (Å²) in [6.07, 6.45) is 4.93. The number of nitrogens with zero attached hydrogens (tertiary/aromatic N) is 1. The Labute approximate surface area is 135 Å². The molecule has 1 nitrogen and oxygen atoms in total. The molecule has 1 heteroatoms. The van der Waals surface area contributed by atoms with Gasteiger partial charge in [0.2, 0.25) is 0 Å². The zero-order chi connectivity index (χ0) is 15.4. The Morgan fingerprint density at radius 2 is 1.68 bits per heavy atom. The monoisotopic (exact) mass is 293 g/mol. The molecule has 0 aliphatic heterocycles. The van der Waals surface area contributed by atoms with Gasteiger partial charge in [-0.25, -0.2) is 0 Å². The summed E-state index contributed by atoms with van der Waals surface area (Å²) < 4.78 is 0. The molecule has 0 fully saturated rings. The molecular weight excluding hydrogens is 266 g/mol. The summed E-state index contributed by atoms with van der Waals surface area (Å²) in [6.45, 7) is 5.84. The third kappa shape index (κ3) is 3.25. The molecule has 0 spiro atoms. The van der Waals surface area contributed by atoms with E-state index < -0.39 is 0 Å². The number of hydrogen-bond acceptors (Lipinski definition) is 1. The molecule has 0 saturated heterocycles. The number of rotatable bonds is 5. The Kier molecular flexibility index (Phi) is 4.94. The molecule has 22 heavy (non-hydrogen) atoms. The first-order valence-corrected chi connectivity index (χ1v) is 8.67. The molecule has 2 atom stereocenters. The lowest BCUT2D eigenvalue weighted by Crippen LogP contribution is -2.41. The van der Waals surface area contributed by atoms with E-state index in [-0.39, 0.29) is 0 Å². The van der Waals surface area contributed by atoms with Crippen LogP contribution >= 0.6 is 0 Å². The Morgan fingerprint density at radius 3 is 2.41 bits per heavy atom. The van der Waals surface area contributed by atoms with Gasteiger partial charge >= 0.3 is 0 Å². The summed E-state index contributed by atoms with van der Waals surface area (Å²) in [4.78, 5) is 2.73. The molecule has 1 unspecified atom stereocenters. The number of hydrogen-bond donors (Lipinski definition) is 0. The first kappa shape index (κ1) is 15.3. The molecule has 0 saturated carbocycles. The SMILES string of the molecule is CCCN(C1CCc2ccccc2C1)[C@@H](C)c1ccccc1. The highest BCUT2D eigenvalue weighted by molar-refractivity contribution is 5.30. The van der Waals surface area contributed by atoms with Crippen molar-refractivity contribution in [3.63, 3.8) is 0 Å². The van der Waals surface area contributed by atoms with Crippen LogP contribution in [-0.2, 0) is 12.8 Å². The zero-order valence-corrected chi connectivity index (χ0v) is 13.8. The van der Waals surface area contributed by atoms with E-state index in [2.05, 4.69) is 73.3 Å². The highest BCUT2D eigenvalue weighted by atomic mass is 15.2. The standard InChI is InChI=1S/C21H27N/c1-3-15-22(17(2)18-9-5-4-6-10-18)21-14-13-19-11-7-8-12-20(19)16-21/h4-12,17,21H,3,13-16H2,1-2H3/t17-,21?/m0/s1. The number of aryl methyl sites for hydroxylation is 1. The van der Waals surface area contributed by atoms with Crippen molar-refractivity contribution >= 4 is 0 Å². The highest BCUT2D eigenvalue weighted by Crippen LogP contribution is 2.30. The van der Waals surface area contributed by atoms with Gasteiger partial charge in [0.15, 0.2) is 0 Å². The molecule has 2 aromatic carbocycles. The predicted molar refractivity (Wildman–Crippen MR) is 94.1 cm³/mol. The second kappa shape index (κ2) is 7.11. The van der Waals surface area contributed by atoms with E-state index >= 15 is 0 Å². The van der Waals surface area contributed by atoms with Crippen molar-refractivity contribution in [2.75, 3.05) is 6.54 Å². The van der Waals surface area contributed by atoms with Gasteiger partial charge in [-0.3, -0.25) is 4.90 Å². The van der Waals surface area contributed by atoms with Crippen molar-refractivity contribution in [2.45, 2.75) is 51.6 Å². The van der Waals surface area contributed by atoms with Gasteiger partial charge in [-0.05, 0) is 55.8 Å². The number of benzene rings is 2. The van der Waals surface area contributed by atoms with Crippen molar-refractivity contribution in [3.05, 3.63) is 71.3 Å². The zero-order valence-electron chi connectivity index (χ0n) is 13.8. The van der Waals surface area contributed by atoms with Crippen LogP contribution in [0.25, 0.3) is 0 Å². The van der Waals surface area contributed by atoms with Gasteiger partial charge in [0.25, 0.3) is 0 Å². The van der Waals surface area contributed by atoms with Gasteiger partial charge in [-0.15, -0.1) is 0 Å². The Hall–Kier alpha value is -1.60. The fourth-order valence-corrected chi connectivity index (χ4v) is 3.84. The third-order valence-corrected chi connectivity index (χ3v) is 5.05. The van der Waals surface area contributed by atoms with E-state index in [1.807, 2.05) is 0 Å². The van der Waals surface area contributed by atoms with Crippen LogP contribution in [0.3, 0.4) is 0 Å². The van der Waals surface area contributed by atoms with Gasteiger partial charge in [0.1, 0.15) is 0 Å². The van der Waals surface area contributed by atoms with E-state index in [4.69, 9.17) is 0 Å². The summed E-state index contributed by atoms with van der Waals surface area (Å²) in [6, 6.07) is 21.1. The molecule has 0 amide bonds. The Morgan fingerprint density at radius 1 is 1.00 bits per heavy atom. The van der Waals surface area contributed by atoms with Gasteiger partial charge in [-0.1, -0.05) is 61.5 Å². The summed E-state index contributed by atoms with van der Waals surface area (Å²) in [7, 11) is 0. The molecule has 2 aromatic rings. The van der Waals surface area contributed by atoms with Crippen LogP contribution in [-0.4, -0.2) is 17.5 Å². The largest absolute Gasteiger partial charge is 0.293 e. The van der Waals surface area contributed by atoms with Gasteiger partial charge in [-0.2, -0.15) is 0 Å². The lowest BCUT2D eigenvalue weighted by Gasteiger charge is -2.39. The first-order valence-electron chi connectivity index (χ1n) is 8.67. The predicted octanol–water partition coefficient (Wildman–Crippen LogP) is 5.02. The Balaban J connectivity index is 1.80. The van der Waals surface area contributed by atoms with Crippen LogP contribution in [0, 0.1) is 0 Å². The smallest absolute Gasteiger partial charge is 0.0322 e. The van der Waals surface area contributed by atoms with Crippen LogP contribution in [0.4, 0.5) is 0 Å². The topological polar surface area (TPSA) is 3.24 Å². The maximum absolute atomic E-state index is 2.73. The fourth-order valence-electron chi connectivity index (χ4n) is 3.84. The fraction of sp³-hybridized carbons (Fsp3) is 0.429. The Bertz CT molecular complexity index is 590. The molecule has 0 N–H and O–H groups in total. The lowest BCUT2D eigenvalue weighted by molar-refractivity contribution is 0.130. The maximum Gasteiger partial charge on any atom is 0.0322 e. The van der Waals surface area contributed by atoms with Crippen molar-refractivity contribution < 1.29 is 0 Å². The molecule has 3 rings (SSSR count). The second-order valence-corrected chi connectivity index (χ2v) is 6.49. The van der Waals surface area contributed by atoms with Crippen molar-refractivity contribution in [2.24, 2.45) is 0 Å². The minimum atomic E-state index is 0.497. The summed E-state index contributed by atoms with van der Waals surface area (Å²) in [5.41, 5.74) is 4.55. The second-order valence-electron chi connectivity index (χ2n) is 6.49. The van der Waals surface area contributed by atoms with Crippen LogP contribution in [0.15, 0.2) is 54.6 Å². The van der Waals surface area contributed by atoms with E-state index in [1.54, 1.807) is 11.1 Å². The van der Waals surface area contributed by atoms with Crippen molar-refractivity contribution in [1.82, 2.24) is 4.90 Å². The molecule has 1 aliphatic carbocycles. The number of fused-ring (bicyclic) bond motifs is 1. The van der Waals surface area contributed by atoms with Crippen molar-refractivity contribution in [3.8, 4) is 0 Å². The quantitative estimate of drug-likeness (QED) is 0.748. The van der Waals surface area contributed by atoms with Crippen LogP contribution < -0.4 is 0 Å². The lowest BCUT2D eigenvalue weighted by atomic mass is 9.86. The molecule has 0 aromatic heterocycles.